The summed E-state index contributed by atoms with van der Waals surface area (Å²) in [6.07, 6.45) is 1.55. The van der Waals surface area contributed by atoms with Crippen molar-refractivity contribution in [3.63, 3.8) is 0 Å². The zero-order valence-electron chi connectivity index (χ0n) is 13.6. The number of hydrogen-bond donors (Lipinski definition) is 1. The van der Waals surface area contributed by atoms with Gasteiger partial charge in [0.2, 0.25) is 5.91 Å². The first-order chi connectivity index (χ1) is 12.5. The van der Waals surface area contributed by atoms with Crippen LogP contribution in [0, 0.1) is 0 Å². The van der Waals surface area contributed by atoms with Crippen LogP contribution in [-0.2, 0) is 11.8 Å². The molecule has 1 N–H and O–H groups in total. The quantitative estimate of drug-likeness (QED) is 0.606. The van der Waals surface area contributed by atoms with Crippen molar-refractivity contribution in [3.8, 4) is 11.6 Å². The molecule has 0 aliphatic carbocycles. The summed E-state index contributed by atoms with van der Waals surface area (Å²) in [5, 5.41) is 11.4. The molecule has 0 fully saturated rings. The van der Waals surface area contributed by atoms with Crippen LogP contribution in [0.4, 0.5) is 14.5 Å². The Morgan fingerprint density at radius 1 is 1.27 bits per heavy atom. The van der Waals surface area contributed by atoms with E-state index in [1.165, 1.54) is 23.9 Å². The van der Waals surface area contributed by atoms with Crippen LogP contribution in [0.25, 0.3) is 11.6 Å². The van der Waals surface area contributed by atoms with Gasteiger partial charge in [0.25, 0.3) is 5.76 Å². The number of aromatic nitrogens is 3. The first-order valence-electron chi connectivity index (χ1n) is 7.43. The van der Waals surface area contributed by atoms with E-state index in [-0.39, 0.29) is 11.7 Å². The van der Waals surface area contributed by atoms with Gasteiger partial charge in [0.1, 0.15) is 0 Å². The van der Waals surface area contributed by atoms with E-state index in [1.54, 1.807) is 42.1 Å². The van der Waals surface area contributed by atoms with Gasteiger partial charge in [0.05, 0.1) is 12.0 Å². The summed E-state index contributed by atoms with van der Waals surface area (Å²) in [5.74, 6) is -1.39. The van der Waals surface area contributed by atoms with E-state index in [4.69, 9.17) is 4.42 Å². The molecule has 1 amide bonds. The second-order valence-corrected chi connectivity index (χ2v) is 7.09. The molecule has 2 heterocycles. The minimum Gasteiger partial charge on any atom is -0.461 e. The summed E-state index contributed by atoms with van der Waals surface area (Å²) in [6, 6.07) is 9.79. The first kappa shape index (κ1) is 18.5. The minimum atomic E-state index is -2.47. The lowest BCUT2D eigenvalue weighted by Crippen LogP contribution is -2.14. The number of carbonyl (C=O) groups is 1. The maximum atomic E-state index is 12.3. The predicted molar refractivity (Wildman–Crippen MR) is 96.4 cm³/mol. The zero-order valence-corrected chi connectivity index (χ0v) is 15.2. The Balaban J connectivity index is 1.54. The van der Waals surface area contributed by atoms with Gasteiger partial charge in [-0.2, -0.15) is 8.78 Å². The van der Waals surface area contributed by atoms with Gasteiger partial charge in [-0.25, -0.2) is 0 Å². The maximum absolute atomic E-state index is 12.3. The molecule has 10 heteroatoms. The normalized spacial score (nSPS) is 11.1. The summed E-state index contributed by atoms with van der Waals surface area (Å²) in [6.45, 7) is 0. The molecule has 0 saturated heterocycles. The van der Waals surface area contributed by atoms with Crippen molar-refractivity contribution in [2.24, 2.45) is 7.05 Å². The number of rotatable bonds is 7. The Labute approximate surface area is 156 Å². The number of furan rings is 1. The maximum Gasteiger partial charge on any atom is 0.288 e. The molecule has 3 rings (SSSR count). The second-order valence-electron chi connectivity index (χ2n) is 5.08. The van der Waals surface area contributed by atoms with E-state index in [2.05, 4.69) is 15.5 Å². The van der Waals surface area contributed by atoms with Crippen molar-refractivity contribution in [2.75, 3.05) is 11.1 Å². The molecular formula is C16H14F2N4O2S2. The first-order valence-corrected chi connectivity index (χ1v) is 9.30. The number of halogens is 2. The number of nitrogens with one attached hydrogen (secondary N) is 1. The van der Waals surface area contributed by atoms with E-state index in [0.29, 0.717) is 39.1 Å². The van der Waals surface area contributed by atoms with E-state index < -0.39 is 5.76 Å². The fourth-order valence-corrected chi connectivity index (χ4v) is 3.32. The predicted octanol–water partition coefficient (Wildman–Crippen LogP) is 4.12. The molecule has 0 aliphatic heterocycles. The van der Waals surface area contributed by atoms with Crippen molar-refractivity contribution in [1.29, 1.82) is 0 Å². The molecule has 0 aliphatic rings. The van der Waals surface area contributed by atoms with Gasteiger partial charge in [0.15, 0.2) is 16.7 Å². The highest BCUT2D eigenvalue weighted by molar-refractivity contribution is 8.00. The number of benzene rings is 1. The Hall–Kier alpha value is -2.33. The average Bonchev–Trinajstić information content (AvgIpc) is 3.24. The molecule has 0 saturated carbocycles. The van der Waals surface area contributed by atoms with E-state index in [1.807, 2.05) is 0 Å². The molecule has 3 aromatic rings. The van der Waals surface area contributed by atoms with Crippen molar-refractivity contribution in [1.82, 2.24) is 14.8 Å². The summed E-state index contributed by atoms with van der Waals surface area (Å²) < 4.78 is 31.6. The van der Waals surface area contributed by atoms with Crippen LogP contribution in [0.2, 0.25) is 0 Å². The van der Waals surface area contributed by atoms with Gasteiger partial charge < -0.3 is 14.3 Å². The smallest absolute Gasteiger partial charge is 0.288 e. The van der Waals surface area contributed by atoms with Crippen molar-refractivity contribution < 1.29 is 18.0 Å². The number of carbonyl (C=O) groups excluding carboxylic acids is 1. The van der Waals surface area contributed by atoms with Gasteiger partial charge in [-0.05, 0) is 36.4 Å². The molecule has 2 aromatic heterocycles. The molecule has 1 aromatic carbocycles. The molecular weight excluding hydrogens is 382 g/mol. The molecule has 26 heavy (non-hydrogen) atoms. The number of amides is 1. The highest BCUT2D eigenvalue weighted by Gasteiger charge is 2.14. The number of alkyl halides is 2. The third kappa shape index (κ3) is 4.64. The van der Waals surface area contributed by atoms with Gasteiger partial charge in [-0.1, -0.05) is 23.5 Å². The number of hydrogen-bond acceptors (Lipinski definition) is 6. The van der Waals surface area contributed by atoms with E-state index in [0.717, 1.165) is 0 Å². The van der Waals surface area contributed by atoms with Gasteiger partial charge >= 0.3 is 0 Å². The minimum absolute atomic E-state index is 0.137. The van der Waals surface area contributed by atoms with Gasteiger partial charge in [0, 0.05) is 17.6 Å². The van der Waals surface area contributed by atoms with Crippen LogP contribution < -0.4 is 5.32 Å². The Kier molecular flexibility index (Phi) is 5.94. The Morgan fingerprint density at radius 3 is 2.69 bits per heavy atom. The molecule has 0 atom stereocenters. The summed E-state index contributed by atoms with van der Waals surface area (Å²) in [4.78, 5) is 12.5. The highest BCUT2D eigenvalue weighted by Crippen LogP contribution is 2.26. The van der Waals surface area contributed by atoms with Crippen molar-refractivity contribution in [3.05, 3.63) is 42.7 Å². The number of nitrogens with zero attached hydrogens (tertiary/aromatic N) is 3. The van der Waals surface area contributed by atoms with E-state index in [9.17, 15) is 13.6 Å². The van der Waals surface area contributed by atoms with Crippen LogP contribution in [0.1, 0.15) is 0 Å². The van der Waals surface area contributed by atoms with E-state index >= 15 is 0 Å². The summed E-state index contributed by atoms with van der Waals surface area (Å²) >= 11 is 1.70. The number of thioether (sulfide) groups is 2. The Morgan fingerprint density at radius 2 is 2.04 bits per heavy atom. The molecule has 0 spiro atoms. The Bertz CT molecular complexity index is 867. The fourth-order valence-electron chi connectivity index (χ4n) is 2.11. The van der Waals surface area contributed by atoms with Crippen LogP contribution in [0.3, 0.4) is 0 Å². The molecule has 136 valence electrons. The lowest BCUT2D eigenvalue weighted by atomic mass is 10.3. The largest absolute Gasteiger partial charge is 0.461 e. The number of anilines is 1. The summed E-state index contributed by atoms with van der Waals surface area (Å²) in [5.41, 5.74) is 0.545. The lowest BCUT2D eigenvalue weighted by Gasteiger charge is -2.06. The fraction of sp³-hybridized carbons (Fsp3) is 0.188. The second kappa shape index (κ2) is 8.37. The monoisotopic (exact) mass is 396 g/mol. The standard InChI is InChI=1S/C16H14F2N4O2S2/c1-22-14(12-3-2-8-24-12)20-21-16(22)25-9-13(23)19-10-4-6-11(7-5-10)26-15(17)18/h2-8,15H,9H2,1H3,(H,19,23). The molecule has 0 bridgehead atoms. The molecule has 6 nitrogen and oxygen atoms in total. The van der Waals surface area contributed by atoms with Gasteiger partial charge in [-0.3, -0.25) is 4.79 Å². The zero-order chi connectivity index (χ0) is 18.5. The third-order valence-electron chi connectivity index (χ3n) is 3.27. The topological polar surface area (TPSA) is 73.0 Å². The van der Waals surface area contributed by atoms with Crippen LogP contribution in [0.15, 0.2) is 57.1 Å². The third-order valence-corrected chi connectivity index (χ3v) is 5.01. The lowest BCUT2D eigenvalue weighted by molar-refractivity contribution is -0.113. The van der Waals surface area contributed by atoms with Gasteiger partial charge in [-0.15, -0.1) is 10.2 Å². The van der Waals surface area contributed by atoms with Crippen LogP contribution in [0.5, 0.6) is 0 Å². The molecule has 0 radical (unpaired) electrons. The van der Waals surface area contributed by atoms with Crippen molar-refractivity contribution in [2.45, 2.75) is 15.8 Å². The summed E-state index contributed by atoms with van der Waals surface area (Å²) in [7, 11) is 1.79. The highest BCUT2D eigenvalue weighted by atomic mass is 32.2. The van der Waals surface area contributed by atoms with Crippen molar-refractivity contribution >= 4 is 35.1 Å². The van der Waals surface area contributed by atoms with Crippen LogP contribution in [-0.4, -0.2) is 32.2 Å². The van der Waals surface area contributed by atoms with Crippen LogP contribution >= 0.6 is 23.5 Å². The SMILES string of the molecule is Cn1c(SCC(=O)Nc2ccc(SC(F)F)cc2)nnc1-c1ccco1. The average molecular weight is 396 g/mol. The molecule has 0 unspecified atom stereocenters.